The van der Waals surface area contributed by atoms with E-state index in [0.29, 0.717) is 18.7 Å². The van der Waals surface area contributed by atoms with Gasteiger partial charge >= 0.3 is 0 Å². The van der Waals surface area contributed by atoms with Gasteiger partial charge in [0.25, 0.3) is 0 Å². The topological polar surface area (TPSA) is 56.5 Å². The van der Waals surface area contributed by atoms with E-state index in [1.165, 1.54) is 0 Å². The lowest BCUT2D eigenvalue weighted by Gasteiger charge is -2.24. The summed E-state index contributed by atoms with van der Waals surface area (Å²) in [5.74, 6) is 0.668. The molecule has 0 aliphatic carbocycles. The molecule has 4 nitrogen and oxygen atoms in total. The number of benzene rings is 1. The Morgan fingerprint density at radius 3 is 2.76 bits per heavy atom. The Morgan fingerprint density at radius 2 is 2.24 bits per heavy atom. The zero-order valence-corrected chi connectivity index (χ0v) is 10.5. The Hall–Kier alpha value is -1.73. The minimum Gasteiger partial charge on any atom is -0.496 e. The van der Waals surface area contributed by atoms with Crippen LogP contribution in [0.15, 0.2) is 18.2 Å². The molecule has 4 heteroatoms. The van der Waals surface area contributed by atoms with Crippen LogP contribution in [0.5, 0.6) is 5.75 Å². The van der Waals surface area contributed by atoms with Crippen molar-refractivity contribution >= 4 is 5.69 Å². The largest absolute Gasteiger partial charge is 0.496 e. The van der Waals surface area contributed by atoms with Gasteiger partial charge < -0.3 is 14.7 Å². The summed E-state index contributed by atoms with van der Waals surface area (Å²) in [5.41, 5.74) is 1.66. The summed E-state index contributed by atoms with van der Waals surface area (Å²) >= 11 is 0. The summed E-state index contributed by atoms with van der Waals surface area (Å²) in [6.45, 7) is 2.34. The lowest BCUT2D eigenvalue weighted by molar-refractivity contribution is 0.194. The number of nitrogens with zero attached hydrogens (tertiary/aromatic N) is 2. The monoisotopic (exact) mass is 234 g/mol. The maximum Gasteiger partial charge on any atom is 0.126 e. The zero-order chi connectivity index (χ0) is 12.8. The highest BCUT2D eigenvalue weighted by Crippen LogP contribution is 2.33. The summed E-state index contributed by atoms with van der Waals surface area (Å²) in [6.07, 6.45) is -0.154. The maximum absolute atomic E-state index is 9.82. The van der Waals surface area contributed by atoms with E-state index in [1.807, 2.05) is 30.1 Å². The number of aliphatic hydroxyl groups is 1. The van der Waals surface area contributed by atoms with Gasteiger partial charge in [0.05, 0.1) is 25.7 Å². The minimum atomic E-state index is -0.606. The van der Waals surface area contributed by atoms with Crippen molar-refractivity contribution < 1.29 is 9.84 Å². The fourth-order valence-corrected chi connectivity index (χ4v) is 1.80. The van der Waals surface area contributed by atoms with Gasteiger partial charge in [0.1, 0.15) is 5.75 Å². The van der Waals surface area contributed by atoms with Crippen molar-refractivity contribution in [3.63, 3.8) is 0 Å². The second kappa shape index (κ2) is 6.12. The van der Waals surface area contributed by atoms with E-state index in [9.17, 15) is 5.11 Å². The Kier molecular flexibility index (Phi) is 4.80. The fourth-order valence-electron chi connectivity index (χ4n) is 1.80. The second-order valence-electron chi connectivity index (χ2n) is 3.90. The molecule has 0 aliphatic rings. The van der Waals surface area contributed by atoms with Crippen molar-refractivity contribution in [3.05, 3.63) is 23.8 Å². The lowest BCUT2D eigenvalue weighted by atomic mass is 10.1. The molecule has 17 heavy (non-hydrogen) atoms. The summed E-state index contributed by atoms with van der Waals surface area (Å²) in [6, 6.07) is 7.73. The van der Waals surface area contributed by atoms with Crippen LogP contribution in [0.3, 0.4) is 0 Å². The van der Waals surface area contributed by atoms with E-state index < -0.39 is 6.10 Å². The van der Waals surface area contributed by atoms with Crippen molar-refractivity contribution in [1.82, 2.24) is 0 Å². The number of anilines is 1. The van der Waals surface area contributed by atoms with Crippen molar-refractivity contribution in [2.45, 2.75) is 19.4 Å². The van der Waals surface area contributed by atoms with E-state index in [4.69, 9.17) is 10.00 Å². The number of hydrogen-bond acceptors (Lipinski definition) is 4. The summed E-state index contributed by atoms with van der Waals surface area (Å²) in [5, 5.41) is 18.4. The van der Waals surface area contributed by atoms with E-state index in [2.05, 4.69) is 6.07 Å². The fraction of sp³-hybridized carbons (Fsp3) is 0.462. The average Bonchev–Trinajstić information content (AvgIpc) is 2.34. The van der Waals surface area contributed by atoms with Crippen molar-refractivity contribution in [2.24, 2.45) is 0 Å². The molecule has 1 atom stereocenters. The number of ether oxygens (including phenoxy) is 1. The Balaban J connectivity index is 3.10. The number of nitriles is 1. The first-order chi connectivity index (χ1) is 8.11. The molecule has 0 aromatic heterocycles. The quantitative estimate of drug-likeness (QED) is 0.847. The average molecular weight is 234 g/mol. The molecule has 1 aromatic rings. The molecule has 0 radical (unpaired) electrons. The first-order valence-corrected chi connectivity index (χ1v) is 5.54. The molecular formula is C13H18N2O2. The second-order valence-corrected chi connectivity index (χ2v) is 3.90. The maximum atomic E-state index is 9.82. The van der Waals surface area contributed by atoms with Crippen LogP contribution in [0.2, 0.25) is 0 Å². The van der Waals surface area contributed by atoms with Crippen LogP contribution in [0, 0.1) is 11.3 Å². The van der Waals surface area contributed by atoms with Crippen molar-refractivity contribution in [3.8, 4) is 11.8 Å². The summed E-state index contributed by atoms with van der Waals surface area (Å²) in [4.78, 5) is 1.95. The van der Waals surface area contributed by atoms with E-state index in [0.717, 1.165) is 11.3 Å². The van der Waals surface area contributed by atoms with Crippen LogP contribution >= 0.6 is 0 Å². The summed E-state index contributed by atoms with van der Waals surface area (Å²) < 4.78 is 5.25. The van der Waals surface area contributed by atoms with Gasteiger partial charge in [-0.2, -0.15) is 5.26 Å². The standard InChI is InChI=1S/C13H18N2O2/c1-10(16)13-11(15(2)9-5-8-14)6-4-7-12(13)17-3/h4,6-7,10,16H,5,9H2,1-3H3. The normalized spacial score (nSPS) is 11.7. The Morgan fingerprint density at radius 1 is 1.53 bits per heavy atom. The highest BCUT2D eigenvalue weighted by molar-refractivity contribution is 5.60. The number of aliphatic hydroxyl groups excluding tert-OH is 1. The van der Waals surface area contributed by atoms with Gasteiger partial charge in [0, 0.05) is 24.8 Å². The van der Waals surface area contributed by atoms with Gasteiger partial charge in [0.15, 0.2) is 0 Å². The van der Waals surface area contributed by atoms with E-state index >= 15 is 0 Å². The third-order valence-electron chi connectivity index (χ3n) is 2.65. The molecule has 1 N–H and O–H groups in total. The Labute approximate surface area is 102 Å². The molecule has 0 spiro atoms. The van der Waals surface area contributed by atoms with Crippen molar-refractivity contribution in [2.75, 3.05) is 25.6 Å². The predicted octanol–water partition coefficient (Wildman–Crippen LogP) is 2.10. The molecule has 0 fully saturated rings. The number of rotatable bonds is 5. The number of hydrogen-bond donors (Lipinski definition) is 1. The summed E-state index contributed by atoms with van der Waals surface area (Å²) in [7, 11) is 3.48. The van der Waals surface area contributed by atoms with Crippen molar-refractivity contribution in [1.29, 1.82) is 5.26 Å². The third kappa shape index (κ3) is 3.11. The van der Waals surface area contributed by atoms with Crippen LogP contribution in [0.4, 0.5) is 5.69 Å². The lowest BCUT2D eigenvalue weighted by Crippen LogP contribution is -2.20. The van der Waals surface area contributed by atoms with Gasteiger partial charge in [-0.05, 0) is 19.1 Å². The van der Waals surface area contributed by atoms with Crippen LogP contribution in [0.25, 0.3) is 0 Å². The highest BCUT2D eigenvalue weighted by Gasteiger charge is 2.16. The molecule has 0 heterocycles. The molecular weight excluding hydrogens is 216 g/mol. The smallest absolute Gasteiger partial charge is 0.126 e. The van der Waals surface area contributed by atoms with Gasteiger partial charge in [0.2, 0.25) is 0 Å². The Bertz CT molecular complexity index is 410. The van der Waals surface area contributed by atoms with Crippen LogP contribution in [-0.4, -0.2) is 25.8 Å². The van der Waals surface area contributed by atoms with E-state index in [-0.39, 0.29) is 0 Å². The molecule has 92 valence electrons. The molecule has 0 saturated carbocycles. The molecule has 0 aliphatic heterocycles. The molecule has 0 bridgehead atoms. The SMILES string of the molecule is COc1cccc(N(C)CCC#N)c1C(C)O. The van der Waals surface area contributed by atoms with E-state index in [1.54, 1.807) is 14.0 Å². The van der Waals surface area contributed by atoms with Gasteiger partial charge in [-0.25, -0.2) is 0 Å². The number of methoxy groups -OCH3 is 1. The van der Waals surface area contributed by atoms with Crippen LogP contribution in [0.1, 0.15) is 25.0 Å². The molecule has 1 aromatic carbocycles. The van der Waals surface area contributed by atoms with Gasteiger partial charge in [-0.1, -0.05) is 6.07 Å². The first-order valence-electron chi connectivity index (χ1n) is 5.54. The zero-order valence-electron chi connectivity index (χ0n) is 10.5. The predicted molar refractivity (Wildman–Crippen MR) is 67.1 cm³/mol. The molecule has 0 saturated heterocycles. The minimum absolute atomic E-state index is 0.451. The highest BCUT2D eigenvalue weighted by atomic mass is 16.5. The van der Waals surface area contributed by atoms with Gasteiger partial charge in [-0.3, -0.25) is 0 Å². The van der Waals surface area contributed by atoms with Crippen LogP contribution in [-0.2, 0) is 0 Å². The van der Waals surface area contributed by atoms with Gasteiger partial charge in [-0.15, -0.1) is 0 Å². The molecule has 1 rings (SSSR count). The third-order valence-corrected chi connectivity index (χ3v) is 2.65. The molecule has 1 unspecified atom stereocenters. The molecule has 0 amide bonds. The van der Waals surface area contributed by atoms with Crippen LogP contribution < -0.4 is 9.64 Å². The first kappa shape index (κ1) is 13.3.